The van der Waals surface area contributed by atoms with E-state index in [1.165, 1.54) is 10.3 Å². The van der Waals surface area contributed by atoms with Crippen LogP contribution in [0.25, 0.3) is 43.6 Å². The molecule has 4 aromatic heterocycles. The maximum atomic E-state index is 9.33. The van der Waals surface area contributed by atoms with Gasteiger partial charge in [-0.15, -0.1) is 24.4 Å². The number of phenolic OH excluding ortho intramolecular Hbond substituents is 1. The molecule has 0 fully saturated rings. The van der Waals surface area contributed by atoms with Crippen LogP contribution < -0.4 is 0 Å². The molecule has 8 aromatic rings. The molecule has 0 amide bonds. The van der Waals surface area contributed by atoms with Crippen LogP contribution in [-0.2, 0) is 0 Å². The van der Waals surface area contributed by atoms with Crippen molar-refractivity contribution < 1.29 is 5.11 Å². The lowest BCUT2D eigenvalue weighted by Gasteiger charge is -2.18. The van der Waals surface area contributed by atoms with Gasteiger partial charge in [0.15, 0.2) is 0 Å². The van der Waals surface area contributed by atoms with Crippen LogP contribution in [0.15, 0.2) is 156 Å². The highest BCUT2D eigenvalue weighted by atomic mass is 35.5. The van der Waals surface area contributed by atoms with Gasteiger partial charge in [-0.2, -0.15) is 0 Å². The van der Waals surface area contributed by atoms with Crippen LogP contribution in [0.4, 0.5) is 0 Å². The largest absolute Gasteiger partial charge is 0.507 e. The van der Waals surface area contributed by atoms with E-state index in [9.17, 15) is 5.11 Å². The molecule has 240 valence electrons. The average molecular weight is 687 g/mol. The zero-order chi connectivity index (χ0) is 33.9. The van der Waals surface area contributed by atoms with Crippen molar-refractivity contribution in [3.05, 3.63) is 151 Å². The van der Waals surface area contributed by atoms with Crippen molar-refractivity contribution >= 4 is 79.6 Å². The molecule has 0 unspecified atom stereocenters. The van der Waals surface area contributed by atoms with Crippen LogP contribution in [0.1, 0.15) is 20.8 Å². The van der Waals surface area contributed by atoms with Crippen LogP contribution in [0, 0.1) is 0 Å². The molecule has 4 heterocycles. The minimum absolute atomic E-state index is 0.240. The normalized spacial score (nSPS) is 10.8. The standard InChI is InChI=1S/C13H15NS.C9H6ClN.C9H7NO.C9H7NS/c1-13(2,3)15-12-8-4-7-11-10(12)6-5-9-14-11;10-8-4-1-5-9-7(8)3-2-6-11-9;2*11-9-5-1-4-8-7(9)3-2-6-10-8/h4-9H,1-3H3;1-6H;2*1-6,11H. The second-order valence-corrected chi connectivity index (χ2v) is 14.3. The van der Waals surface area contributed by atoms with Crippen molar-refractivity contribution in [3.8, 4) is 5.75 Å². The van der Waals surface area contributed by atoms with E-state index in [4.69, 9.17) is 11.6 Å². The van der Waals surface area contributed by atoms with E-state index in [2.05, 4.69) is 77.6 Å². The Hall–Kier alpha value is -4.69. The minimum atomic E-state index is 0.240. The number of pyridine rings is 4. The number of hydrogen-bond donors (Lipinski definition) is 2. The molecule has 48 heavy (non-hydrogen) atoms. The Morgan fingerprint density at radius 3 is 1.50 bits per heavy atom. The quantitative estimate of drug-likeness (QED) is 0.132. The van der Waals surface area contributed by atoms with Gasteiger partial charge in [-0.3, -0.25) is 19.9 Å². The highest BCUT2D eigenvalue weighted by molar-refractivity contribution is 8.00. The molecule has 0 spiro atoms. The Balaban J connectivity index is 0.000000126. The predicted molar refractivity (Wildman–Crippen MR) is 207 cm³/mol. The third-order valence-electron chi connectivity index (χ3n) is 6.86. The second kappa shape index (κ2) is 16.4. The lowest BCUT2D eigenvalue weighted by atomic mass is 10.2. The van der Waals surface area contributed by atoms with Gasteiger partial charge in [0, 0.05) is 65.9 Å². The zero-order valence-electron chi connectivity index (χ0n) is 26.8. The molecule has 5 nitrogen and oxygen atoms in total. The van der Waals surface area contributed by atoms with Crippen molar-refractivity contribution in [1.29, 1.82) is 0 Å². The summed E-state index contributed by atoms with van der Waals surface area (Å²) in [5.41, 5.74) is 3.85. The van der Waals surface area contributed by atoms with E-state index in [1.54, 1.807) is 30.7 Å². The number of thiol groups is 1. The van der Waals surface area contributed by atoms with Gasteiger partial charge >= 0.3 is 0 Å². The number of thioether (sulfide) groups is 1. The lowest BCUT2D eigenvalue weighted by Crippen LogP contribution is -2.06. The van der Waals surface area contributed by atoms with E-state index in [0.717, 1.165) is 48.1 Å². The van der Waals surface area contributed by atoms with Gasteiger partial charge in [0.2, 0.25) is 0 Å². The Morgan fingerprint density at radius 2 is 0.958 bits per heavy atom. The topological polar surface area (TPSA) is 71.8 Å². The molecule has 0 bridgehead atoms. The Bertz CT molecular complexity index is 2070. The molecule has 0 aliphatic heterocycles. The van der Waals surface area contributed by atoms with Gasteiger partial charge in [-0.1, -0.05) is 68.8 Å². The summed E-state index contributed by atoms with van der Waals surface area (Å²) in [6, 6.07) is 38.8. The molecule has 0 radical (unpaired) electrons. The first-order valence-corrected chi connectivity index (χ1v) is 16.9. The van der Waals surface area contributed by atoms with Crippen molar-refractivity contribution in [2.75, 3.05) is 0 Å². The summed E-state index contributed by atoms with van der Waals surface area (Å²) in [6.45, 7) is 6.69. The van der Waals surface area contributed by atoms with Crippen LogP contribution in [0.3, 0.4) is 0 Å². The van der Waals surface area contributed by atoms with Gasteiger partial charge in [0.05, 0.1) is 22.1 Å². The number of fused-ring (bicyclic) bond motifs is 4. The third-order valence-corrected chi connectivity index (χ3v) is 8.77. The number of aromatic hydroxyl groups is 1. The van der Waals surface area contributed by atoms with E-state index in [0.29, 0.717) is 0 Å². The molecule has 0 atom stereocenters. The zero-order valence-corrected chi connectivity index (χ0v) is 29.3. The first kappa shape index (κ1) is 34.6. The maximum absolute atomic E-state index is 9.33. The van der Waals surface area contributed by atoms with E-state index < -0.39 is 0 Å². The summed E-state index contributed by atoms with van der Waals surface area (Å²) in [5.74, 6) is 0.288. The molecule has 4 aromatic carbocycles. The first-order chi connectivity index (χ1) is 23.2. The fraction of sp³-hybridized carbons (Fsp3) is 0.100. The van der Waals surface area contributed by atoms with Crippen molar-refractivity contribution in [3.63, 3.8) is 0 Å². The van der Waals surface area contributed by atoms with Gasteiger partial charge in [0.1, 0.15) is 5.75 Å². The molecule has 0 aliphatic carbocycles. The van der Waals surface area contributed by atoms with E-state index in [-0.39, 0.29) is 10.5 Å². The molecular formula is C40H35ClN4OS2. The Labute approximate surface area is 295 Å². The smallest absolute Gasteiger partial charge is 0.124 e. The molecule has 8 rings (SSSR count). The summed E-state index contributed by atoms with van der Waals surface area (Å²) >= 11 is 12.1. The average Bonchev–Trinajstić information content (AvgIpc) is 3.10. The number of phenols is 1. The molecule has 0 aliphatic rings. The van der Waals surface area contributed by atoms with Crippen molar-refractivity contribution in [2.45, 2.75) is 35.3 Å². The van der Waals surface area contributed by atoms with Gasteiger partial charge < -0.3 is 5.11 Å². The summed E-state index contributed by atoms with van der Waals surface area (Å²) in [7, 11) is 0. The summed E-state index contributed by atoms with van der Waals surface area (Å²) in [5, 5.41) is 14.3. The lowest BCUT2D eigenvalue weighted by molar-refractivity contribution is 0.481. The van der Waals surface area contributed by atoms with E-state index >= 15 is 0 Å². The number of aromatic nitrogens is 4. The molecule has 1 N–H and O–H groups in total. The SMILES string of the molecule is CC(C)(C)Sc1cccc2ncccc12.Clc1cccc2ncccc12.Oc1cccc2ncccc12.Sc1cccc2ncccc12. The summed E-state index contributed by atoms with van der Waals surface area (Å²) in [6.07, 6.45) is 7.10. The minimum Gasteiger partial charge on any atom is -0.507 e. The monoisotopic (exact) mass is 686 g/mol. The van der Waals surface area contributed by atoms with Gasteiger partial charge in [-0.25, -0.2) is 0 Å². The summed E-state index contributed by atoms with van der Waals surface area (Å²) < 4.78 is 0.240. The second-order valence-electron chi connectivity index (χ2n) is 11.5. The summed E-state index contributed by atoms with van der Waals surface area (Å²) in [4.78, 5) is 19.1. The number of hydrogen-bond acceptors (Lipinski definition) is 7. The Morgan fingerprint density at radius 1 is 0.521 bits per heavy atom. The fourth-order valence-corrected chi connectivity index (χ4v) is 6.33. The van der Waals surface area contributed by atoms with Crippen LogP contribution in [0.2, 0.25) is 5.02 Å². The van der Waals surface area contributed by atoms with Crippen LogP contribution in [-0.4, -0.2) is 29.8 Å². The third kappa shape index (κ3) is 9.44. The molecule has 0 saturated carbocycles. The van der Waals surface area contributed by atoms with Gasteiger partial charge in [-0.05, 0) is 84.9 Å². The predicted octanol–water partition coefficient (Wildman–Crippen LogP) is 11.5. The highest BCUT2D eigenvalue weighted by Crippen LogP contribution is 2.35. The Kier molecular flexibility index (Phi) is 11.9. The van der Waals surface area contributed by atoms with Crippen molar-refractivity contribution in [2.24, 2.45) is 0 Å². The highest BCUT2D eigenvalue weighted by Gasteiger charge is 2.13. The van der Waals surface area contributed by atoms with Gasteiger partial charge in [0.25, 0.3) is 0 Å². The van der Waals surface area contributed by atoms with E-state index in [1.807, 2.05) is 103 Å². The number of rotatable bonds is 1. The first-order valence-electron chi connectivity index (χ1n) is 15.3. The van der Waals surface area contributed by atoms with Crippen LogP contribution in [0.5, 0.6) is 5.75 Å². The van der Waals surface area contributed by atoms with Crippen molar-refractivity contribution in [1.82, 2.24) is 19.9 Å². The van der Waals surface area contributed by atoms with Crippen LogP contribution >= 0.6 is 36.0 Å². The number of halogens is 1. The maximum Gasteiger partial charge on any atom is 0.124 e. The number of benzene rings is 4. The molecular weight excluding hydrogens is 652 g/mol. The molecule has 0 saturated heterocycles. The fourth-order valence-electron chi connectivity index (χ4n) is 4.73. The number of nitrogens with zero attached hydrogens (tertiary/aromatic N) is 4. The molecule has 8 heteroatoms.